The molecule has 0 radical (unpaired) electrons. The van der Waals surface area contributed by atoms with Gasteiger partial charge in [-0.05, 0) is 23.8 Å². The number of aliphatic carboxylic acids is 1. The minimum Gasteiger partial charge on any atom is -0.481 e. The summed E-state index contributed by atoms with van der Waals surface area (Å²) in [5.41, 5.74) is 0.932. The van der Waals surface area contributed by atoms with Crippen LogP contribution in [0.4, 0.5) is 0 Å². The number of ether oxygens (including phenoxy) is 1. The monoisotopic (exact) mass is 353 g/mol. The van der Waals surface area contributed by atoms with Crippen LogP contribution in [0.15, 0.2) is 34.8 Å². The van der Waals surface area contributed by atoms with Crippen molar-refractivity contribution in [3.05, 3.63) is 40.4 Å². The molecule has 1 aliphatic rings. The molecule has 112 valence electrons. The predicted octanol–water partition coefficient (Wildman–Crippen LogP) is 2.16. The van der Waals surface area contributed by atoms with Gasteiger partial charge in [-0.3, -0.25) is 9.59 Å². The third-order valence-corrected chi connectivity index (χ3v) is 3.67. The number of carbonyl (C=O) groups is 2. The van der Waals surface area contributed by atoms with E-state index in [0.29, 0.717) is 19.7 Å². The Morgan fingerprint density at radius 3 is 2.76 bits per heavy atom. The lowest BCUT2D eigenvalue weighted by Gasteiger charge is -2.31. The third kappa shape index (κ3) is 4.99. The normalized spacial score (nSPS) is 18.9. The lowest BCUT2D eigenvalue weighted by molar-refractivity contribution is -0.145. The number of hydrogen-bond donors (Lipinski definition) is 1. The van der Waals surface area contributed by atoms with Crippen molar-refractivity contribution in [1.82, 2.24) is 4.90 Å². The topological polar surface area (TPSA) is 66.8 Å². The Morgan fingerprint density at radius 2 is 2.10 bits per heavy atom. The summed E-state index contributed by atoms with van der Waals surface area (Å²) in [5.74, 6) is -1.05. The summed E-state index contributed by atoms with van der Waals surface area (Å²) in [7, 11) is 0. The number of halogens is 1. The number of morpholine rings is 1. The molecule has 1 aromatic carbocycles. The summed E-state index contributed by atoms with van der Waals surface area (Å²) in [6.45, 7) is 1.17. The van der Waals surface area contributed by atoms with Gasteiger partial charge < -0.3 is 14.7 Å². The smallest absolute Gasteiger partial charge is 0.306 e. The quantitative estimate of drug-likeness (QED) is 0.842. The maximum absolute atomic E-state index is 12.1. The average Bonchev–Trinajstić information content (AvgIpc) is 2.46. The summed E-state index contributed by atoms with van der Waals surface area (Å²) < 4.78 is 6.32. The van der Waals surface area contributed by atoms with Crippen LogP contribution in [0.5, 0.6) is 0 Å². The van der Waals surface area contributed by atoms with E-state index < -0.39 is 12.1 Å². The molecule has 0 saturated carbocycles. The van der Waals surface area contributed by atoms with Crippen LogP contribution in [0.2, 0.25) is 0 Å². The van der Waals surface area contributed by atoms with E-state index in [1.165, 1.54) is 6.08 Å². The van der Waals surface area contributed by atoms with Crippen LogP contribution in [0.25, 0.3) is 6.08 Å². The van der Waals surface area contributed by atoms with Gasteiger partial charge in [0, 0.05) is 23.6 Å². The second kappa shape index (κ2) is 7.38. The highest BCUT2D eigenvalue weighted by Gasteiger charge is 2.24. The number of carbonyl (C=O) groups excluding carboxylic acids is 1. The van der Waals surface area contributed by atoms with Crippen LogP contribution in [-0.2, 0) is 14.3 Å². The van der Waals surface area contributed by atoms with Gasteiger partial charge >= 0.3 is 5.97 Å². The number of nitrogens with zero attached hydrogens (tertiary/aromatic N) is 1. The van der Waals surface area contributed by atoms with Crippen molar-refractivity contribution in [3.63, 3.8) is 0 Å². The first-order chi connectivity index (χ1) is 10.0. The summed E-state index contributed by atoms with van der Waals surface area (Å²) >= 11 is 3.35. The summed E-state index contributed by atoms with van der Waals surface area (Å²) in [6.07, 6.45) is 2.74. The fourth-order valence-electron chi connectivity index (χ4n) is 2.08. The highest BCUT2D eigenvalue weighted by molar-refractivity contribution is 9.10. The first-order valence-electron chi connectivity index (χ1n) is 6.60. The maximum atomic E-state index is 12.1. The number of hydrogen-bond acceptors (Lipinski definition) is 3. The van der Waals surface area contributed by atoms with Crippen LogP contribution >= 0.6 is 15.9 Å². The lowest BCUT2D eigenvalue weighted by atomic mass is 10.2. The van der Waals surface area contributed by atoms with Crippen LogP contribution in [0.3, 0.4) is 0 Å². The van der Waals surface area contributed by atoms with Gasteiger partial charge in [0.05, 0.1) is 19.1 Å². The van der Waals surface area contributed by atoms with Crippen molar-refractivity contribution in [2.24, 2.45) is 0 Å². The zero-order valence-corrected chi connectivity index (χ0v) is 13.0. The van der Waals surface area contributed by atoms with Crippen molar-refractivity contribution in [2.45, 2.75) is 12.5 Å². The molecule has 1 N–H and O–H groups in total. The Labute approximate surface area is 131 Å². The molecule has 2 rings (SSSR count). The van der Waals surface area contributed by atoms with E-state index in [2.05, 4.69) is 15.9 Å². The van der Waals surface area contributed by atoms with E-state index in [-0.39, 0.29) is 12.3 Å². The van der Waals surface area contributed by atoms with Gasteiger partial charge in [-0.2, -0.15) is 0 Å². The lowest BCUT2D eigenvalue weighted by Crippen LogP contribution is -2.45. The second-order valence-corrected chi connectivity index (χ2v) is 5.68. The first kappa shape index (κ1) is 15.7. The molecule has 21 heavy (non-hydrogen) atoms. The SMILES string of the molecule is O=C(O)CC1CN(C(=O)C=Cc2ccc(Br)cc2)CCO1. The van der Waals surface area contributed by atoms with Gasteiger partial charge in [0.15, 0.2) is 0 Å². The Hall–Kier alpha value is -1.66. The number of benzene rings is 1. The molecule has 1 aromatic rings. The first-order valence-corrected chi connectivity index (χ1v) is 7.40. The fourth-order valence-corrected chi connectivity index (χ4v) is 2.35. The largest absolute Gasteiger partial charge is 0.481 e. The predicted molar refractivity (Wildman–Crippen MR) is 81.7 cm³/mol. The molecule has 0 aliphatic carbocycles. The molecule has 1 atom stereocenters. The molecule has 1 unspecified atom stereocenters. The zero-order valence-electron chi connectivity index (χ0n) is 11.4. The second-order valence-electron chi connectivity index (χ2n) is 4.76. The molecule has 0 spiro atoms. The molecule has 1 fully saturated rings. The minimum absolute atomic E-state index is 0.0831. The minimum atomic E-state index is -0.917. The molecule has 1 amide bonds. The van der Waals surface area contributed by atoms with E-state index in [9.17, 15) is 9.59 Å². The van der Waals surface area contributed by atoms with Crippen LogP contribution in [0.1, 0.15) is 12.0 Å². The van der Waals surface area contributed by atoms with Crippen molar-refractivity contribution < 1.29 is 19.4 Å². The summed E-state index contributed by atoms with van der Waals surface area (Å²) in [6, 6.07) is 7.62. The van der Waals surface area contributed by atoms with Crippen LogP contribution < -0.4 is 0 Å². The van der Waals surface area contributed by atoms with Crippen LogP contribution in [0, 0.1) is 0 Å². The van der Waals surface area contributed by atoms with Crippen molar-refractivity contribution in [2.75, 3.05) is 19.7 Å². The van der Waals surface area contributed by atoms with Gasteiger partial charge in [0.25, 0.3) is 0 Å². The number of rotatable bonds is 4. The molecular formula is C15H16BrNO4. The Morgan fingerprint density at radius 1 is 1.38 bits per heavy atom. The van der Waals surface area contributed by atoms with Gasteiger partial charge in [-0.1, -0.05) is 28.1 Å². The molecule has 1 saturated heterocycles. The molecular weight excluding hydrogens is 338 g/mol. The molecule has 0 aromatic heterocycles. The molecule has 5 nitrogen and oxygen atoms in total. The van der Waals surface area contributed by atoms with E-state index in [4.69, 9.17) is 9.84 Å². The number of carboxylic acids is 1. The van der Waals surface area contributed by atoms with Gasteiger partial charge in [-0.25, -0.2) is 0 Å². The Bertz CT molecular complexity index is 541. The van der Waals surface area contributed by atoms with Gasteiger partial charge in [0.1, 0.15) is 0 Å². The van der Waals surface area contributed by atoms with Crippen molar-refractivity contribution >= 4 is 33.9 Å². The summed E-state index contributed by atoms with van der Waals surface area (Å²) in [5, 5.41) is 8.76. The van der Waals surface area contributed by atoms with Gasteiger partial charge in [-0.15, -0.1) is 0 Å². The van der Waals surface area contributed by atoms with E-state index in [1.807, 2.05) is 24.3 Å². The van der Waals surface area contributed by atoms with E-state index >= 15 is 0 Å². The van der Waals surface area contributed by atoms with E-state index in [0.717, 1.165) is 10.0 Å². The fraction of sp³-hybridized carbons (Fsp3) is 0.333. The maximum Gasteiger partial charge on any atom is 0.306 e. The highest BCUT2D eigenvalue weighted by atomic mass is 79.9. The van der Waals surface area contributed by atoms with Crippen LogP contribution in [-0.4, -0.2) is 47.7 Å². The van der Waals surface area contributed by atoms with E-state index in [1.54, 1.807) is 11.0 Å². The van der Waals surface area contributed by atoms with Gasteiger partial charge in [0.2, 0.25) is 5.91 Å². The Balaban J connectivity index is 1.93. The number of carboxylic acid groups (broad SMARTS) is 1. The third-order valence-electron chi connectivity index (χ3n) is 3.14. The number of amides is 1. The average molecular weight is 354 g/mol. The van der Waals surface area contributed by atoms with Crippen molar-refractivity contribution in [3.8, 4) is 0 Å². The van der Waals surface area contributed by atoms with Crippen molar-refractivity contribution in [1.29, 1.82) is 0 Å². The zero-order chi connectivity index (χ0) is 15.2. The molecule has 1 heterocycles. The molecule has 6 heteroatoms. The summed E-state index contributed by atoms with van der Waals surface area (Å²) in [4.78, 5) is 24.4. The highest BCUT2D eigenvalue weighted by Crippen LogP contribution is 2.13. The standard InChI is InChI=1S/C15H16BrNO4/c16-12-4-1-11(2-5-12)3-6-14(18)17-7-8-21-13(10-17)9-15(19)20/h1-6,13H,7-10H2,(H,19,20). The Kier molecular flexibility index (Phi) is 5.52. The molecule has 1 aliphatic heterocycles. The molecule has 0 bridgehead atoms.